The number of aryl methyl sites for hydroxylation is 2. The van der Waals surface area contributed by atoms with Crippen molar-refractivity contribution >= 4 is 12.4 Å². The SMILES string of the molecule is COc1ccc(O)c(C=NCc2cccc(C)c2-c2c(C)cccc2CN=Cc2cc(OC)ccc2O)c1. The van der Waals surface area contributed by atoms with Gasteiger partial charge in [0.2, 0.25) is 0 Å². The van der Waals surface area contributed by atoms with Crippen LogP contribution in [0, 0.1) is 13.8 Å². The molecular weight excluding hydrogens is 476 g/mol. The summed E-state index contributed by atoms with van der Waals surface area (Å²) in [5, 5.41) is 20.4. The van der Waals surface area contributed by atoms with E-state index < -0.39 is 0 Å². The molecule has 0 bridgehead atoms. The third-order valence-corrected chi connectivity index (χ3v) is 6.42. The summed E-state index contributed by atoms with van der Waals surface area (Å²) >= 11 is 0. The van der Waals surface area contributed by atoms with Gasteiger partial charge in [0, 0.05) is 23.6 Å². The van der Waals surface area contributed by atoms with Gasteiger partial charge in [-0.25, -0.2) is 0 Å². The summed E-state index contributed by atoms with van der Waals surface area (Å²) in [6.07, 6.45) is 3.35. The van der Waals surface area contributed by atoms with Crippen LogP contribution in [0.25, 0.3) is 11.1 Å². The van der Waals surface area contributed by atoms with Crippen LogP contribution in [-0.4, -0.2) is 36.9 Å². The zero-order chi connectivity index (χ0) is 27.1. The summed E-state index contributed by atoms with van der Waals surface area (Å²) in [7, 11) is 3.19. The standard InChI is InChI=1S/C32H32N2O4/c1-21-7-5-9-23(17-33-19-25-15-27(37-3)11-13-29(25)35)31(21)32-22(2)8-6-10-24(32)18-34-20-26-16-28(38-4)12-14-30(26)36/h5-16,19-20,35-36H,17-18H2,1-4H3. The fourth-order valence-corrected chi connectivity index (χ4v) is 4.45. The van der Waals surface area contributed by atoms with Crippen molar-refractivity contribution in [3.8, 4) is 34.1 Å². The van der Waals surface area contributed by atoms with E-state index in [1.165, 1.54) is 0 Å². The van der Waals surface area contributed by atoms with Crippen molar-refractivity contribution in [2.24, 2.45) is 9.98 Å². The minimum atomic E-state index is 0.153. The van der Waals surface area contributed by atoms with Crippen LogP contribution < -0.4 is 9.47 Å². The number of phenols is 2. The minimum absolute atomic E-state index is 0.153. The van der Waals surface area contributed by atoms with E-state index in [2.05, 4.69) is 48.1 Å². The van der Waals surface area contributed by atoms with Crippen LogP contribution in [0.1, 0.15) is 33.4 Å². The van der Waals surface area contributed by atoms with Crippen LogP contribution in [0.3, 0.4) is 0 Å². The maximum Gasteiger partial charge on any atom is 0.124 e. The van der Waals surface area contributed by atoms with E-state index in [4.69, 9.17) is 9.47 Å². The van der Waals surface area contributed by atoms with Crippen LogP contribution in [0.15, 0.2) is 82.8 Å². The molecule has 0 heterocycles. The number of rotatable bonds is 9. The van der Waals surface area contributed by atoms with Gasteiger partial charge < -0.3 is 19.7 Å². The molecule has 6 heteroatoms. The topological polar surface area (TPSA) is 83.6 Å². The van der Waals surface area contributed by atoms with E-state index in [-0.39, 0.29) is 11.5 Å². The van der Waals surface area contributed by atoms with Gasteiger partial charge in [-0.15, -0.1) is 0 Å². The summed E-state index contributed by atoms with van der Waals surface area (Å²) in [5.74, 6) is 1.63. The van der Waals surface area contributed by atoms with Crippen molar-refractivity contribution in [3.05, 3.63) is 106 Å². The summed E-state index contributed by atoms with van der Waals surface area (Å²) in [6, 6.07) is 22.6. The molecule has 0 saturated carbocycles. The van der Waals surface area contributed by atoms with Crippen molar-refractivity contribution < 1.29 is 19.7 Å². The Balaban J connectivity index is 1.65. The summed E-state index contributed by atoms with van der Waals surface area (Å²) in [6.45, 7) is 5.10. The quantitative estimate of drug-likeness (QED) is 0.248. The Labute approximate surface area is 223 Å². The lowest BCUT2D eigenvalue weighted by molar-refractivity contribution is 0.412. The second kappa shape index (κ2) is 12.1. The first-order valence-electron chi connectivity index (χ1n) is 12.3. The van der Waals surface area contributed by atoms with E-state index in [9.17, 15) is 10.2 Å². The monoisotopic (exact) mass is 508 g/mol. The molecular formula is C32H32N2O4. The maximum absolute atomic E-state index is 10.2. The van der Waals surface area contributed by atoms with Gasteiger partial charge in [-0.1, -0.05) is 36.4 Å². The molecule has 0 saturated heterocycles. The van der Waals surface area contributed by atoms with Crippen LogP contribution >= 0.6 is 0 Å². The number of methoxy groups -OCH3 is 2. The molecule has 38 heavy (non-hydrogen) atoms. The van der Waals surface area contributed by atoms with E-state index in [0.29, 0.717) is 35.7 Å². The van der Waals surface area contributed by atoms with E-state index in [1.54, 1.807) is 63.0 Å². The zero-order valence-corrected chi connectivity index (χ0v) is 22.1. The van der Waals surface area contributed by atoms with Gasteiger partial charge >= 0.3 is 0 Å². The molecule has 6 nitrogen and oxygen atoms in total. The van der Waals surface area contributed by atoms with Crippen LogP contribution in [0.5, 0.6) is 23.0 Å². The second-order valence-electron chi connectivity index (χ2n) is 9.01. The van der Waals surface area contributed by atoms with Gasteiger partial charge in [-0.3, -0.25) is 9.98 Å². The largest absolute Gasteiger partial charge is 0.507 e. The lowest BCUT2D eigenvalue weighted by Gasteiger charge is -2.17. The van der Waals surface area contributed by atoms with Gasteiger partial charge in [0.15, 0.2) is 0 Å². The molecule has 0 unspecified atom stereocenters. The Morgan fingerprint density at radius 3 is 1.45 bits per heavy atom. The highest BCUT2D eigenvalue weighted by molar-refractivity contribution is 5.85. The molecule has 194 valence electrons. The summed E-state index contributed by atoms with van der Waals surface area (Å²) in [4.78, 5) is 9.31. The average molecular weight is 509 g/mol. The fraction of sp³-hybridized carbons (Fsp3) is 0.188. The summed E-state index contributed by atoms with van der Waals surface area (Å²) in [5.41, 5.74) is 7.91. The van der Waals surface area contributed by atoms with E-state index in [0.717, 1.165) is 33.4 Å². The molecule has 0 aliphatic heterocycles. The highest BCUT2D eigenvalue weighted by Crippen LogP contribution is 2.34. The lowest BCUT2D eigenvalue weighted by atomic mass is 9.88. The zero-order valence-electron chi connectivity index (χ0n) is 22.1. The molecule has 4 rings (SSSR count). The second-order valence-corrected chi connectivity index (χ2v) is 9.01. The first-order valence-corrected chi connectivity index (χ1v) is 12.3. The fourth-order valence-electron chi connectivity index (χ4n) is 4.45. The first kappa shape index (κ1) is 26.5. The Hall–Kier alpha value is -4.58. The first-order chi connectivity index (χ1) is 18.4. The van der Waals surface area contributed by atoms with Gasteiger partial charge in [0.1, 0.15) is 23.0 Å². The Bertz CT molecular complexity index is 1380. The normalized spacial score (nSPS) is 11.4. The number of hydrogen-bond donors (Lipinski definition) is 2. The molecule has 4 aromatic rings. The number of phenolic OH excluding ortho intramolecular Hbond substituents is 2. The Morgan fingerprint density at radius 1 is 0.632 bits per heavy atom. The minimum Gasteiger partial charge on any atom is -0.507 e. The van der Waals surface area contributed by atoms with Gasteiger partial charge in [0.25, 0.3) is 0 Å². The molecule has 0 aliphatic rings. The third kappa shape index (κ3) is 6.03. The average Bonchev–Trinajstić information content (AvgIpc) is 2.91. The third-order valence-electron chi connectivity index (χ3n) is 6.42. The molecule has 0 aliphatic carbocycles. The molecule has 0 fully saturated rings. The predicted molar refractivity (Wildman–Crippen MR) is 153 cm³/mol. The molecule has 4 aromatic carbocycles. The van der Waals surface area contributed by atoms with Gasteiger partial charge in [-0.05, 0) is 83.6 Å². The summed E-state index contributed by atoms with van der Waals surface area (Å²) < 4.78 is 10.5. The Morgan fingerprint density at radius 2 is 1.05 bits per heavy atom. The van der Waals surface area contributed by atoms with E-state index >= 15 is 0 Å². The maximum atomic E-state index is 10.2. The number of nitrogens with zero attached hydrogens (tertiary/aromatic N) is 2. The highest BCUT2D eigenvalue weighted by atomic mass is 16.5. The van der Waals surface area contributed by atoms with Crippen molar-refractivity contribution in [2.45, 2.75) is 26.9 Å². The molecule has 2 N–H and O–H groups in total. The molecule has 0 aromatic heterocycles. The van der Waals surface area contributed by atoms with Crippen molar-refractivity contribution in [3.63, 3.8) is 0 Å². The van der Waals surface area contributed by atoms with E-state index in [1.807, 2.05) is 12.1 Å². The molecule has 0 amide bonds. The lowest BCUT2D eigenvalue weighted by Crippen LogP contribution is -1.99. The number of benzene rings is 4. The predicted octanol–water partition coefficient (Wildman–Crippen LogP) is 6.64. The number of aromatic hydroxyl groups is 2. The van der Waals surface area contributed by atoms with Crippen LogP contribution in [0.4, 0.5) is 0 Å². The molecule has 0 radical (unpaired) electrons. The van der Waals surface area contributed by atoms with Gasteiger partial charge in [0.05, 0.1) is 27.3 Å². The van der Waals surface area contributed by atoms with Crippen LogP contribution in [-0.2, 0) is 13.1 Å². The number of aliphatic imine (C=N–C) groups is 2. The van der Waals surface area contributed by atoms with Crippen molar-refractivity contribution in [1.82, 2.24) is 0 Å². The number of ether oxygens (including phenoxy) is 2. The van der Waals surface area contributed by atoms with Gasteiger partial charge in [-0.2, -0.15) is 0 Å². The number of hydrogen-bond acceptors (Lipinski definition) is 6. The van der Waals surface area contributed by atoms with Crippen LogP contribution in [0.2, 0.25) is 0 Å². The molecule has 0 atom stereocenters. The highest BCUT2D eigenvalue weighted by Gasteiger charge is 2.14. The van der Waals surface area contributed by atoms with Crippen molar-refractivity contribution in [1.29, 1.82) is 0 Å². The van der Waals surface area contributed by atoms with Crippen molar-refractivity contribution in [2.75, 3.05) is 14.2 Å². The smallest absolute Gasteiger partial charge is 0.124 e. The molecule has 0 spiro atoms. The Kier molecular flexibility index (Phi) is 8.44.